The number of carbonyl (C=O) groups excluding carboxylic acids is 2. The van der Waals surface area contributed by atoms with E-state index < -0.39 is 10.0 Å². The number of rotatable bonds is 10. The zero-order chi connectivity index (χ0) is 25.7. The van der Waals surface area contributed by atoms with Gasteiger partial charge in [-0.15, -0.1) is 10.2 Å². The van der Waals surface area contributed by atoms with Crippen LogP contribution in [0.1, 0.15) is 41.5 Å². The fraction of sp³-hybridized carbons (Fsp3) is 0.360. The number of hydrogen-bond donors (Lipinski definition) is 1. The molecule has 190 valence electrons. The number of aromatic nitrogens is 3. The molecule has 1 N–H and O–H groups in total. The largest absolute Gasteiger partial charge is 0.356 e. The van der Waals surface area contributed by atoms with Crippen molar-refractivity contribution in [3.63, 3.8) is 0 Å². The highest BCUT2D eigenvalue weighted by molar-refractivity contribution is 7.99. The fourth-order valence-electron chi connectivity index (χ4n) is 4.04. The summed E-state index contributed by atoms with van der Waals surface area (Å²) in [5, 5.41) is 11.9. The number of ketones is 1. The molecule has 1 fully saturated rings. The molecule has 1 saturated heterocycles. The number of Topliss-reactive ketones (excluding diaryl/α,β-unsaturated/α-hetero) is 1. The second-order valence-electron chi connectivity index (χ2n) is 8.65. The molecule has 4 rings (SSSR count). The Morgan fingerprint density at radius 3 is 2.44 bits per heavy atom. The van der Waals surface area contributed by atoms with Gasteiger partial charge in [0.1, 0.15) is 5.82 Å². The van der Waals surface area contributed by atoms with E-state index in [0.717, 1.165) is 24.1 Å². The van der Waals surface area contributed by atoms with Gasteiger partial charge >= 0.3 is 0 Å². The van der Waals surface area contributed by atoms with E-state index in [1.54, 1.807) is 12.1 Å². The van der Waals surface area contributed by atoms with Crippen LogP contribution in [0.15, 0.2) is 58.6 Å². The van der Waals surface area contributed by atoms with Crippen LogP contribution in [0, 0.1) is 6.92 Å². The summed E-state index contributed by atoms with van der Waals surface area (Å²) in [6, 6.07) is 14.0. The highest BCUT2D eigenvalue weighted by Crippen LogP contribution is 2.25. The monoisotopic (exact) mass is 527 g/mol. The minimum atomic E-state index is -3.52. The Morgan fingerprint density at radius 2 is 1.78 bits per heavy atom. The predicted octanol–water partition coefficient (Wildman–Crippen LogP) is 3.01. The molecule has 0 spiro atoms. The van der Waals surface area contributed by atoms with E-state index in [2.05, 4.69) is 15.5 Å². The summed E-state index contributed by atoms with van der Waals surface area (Å²) in [6.07, 6.45) is 2.23. The number of benzene rings is 2. The molecule has 0 bridgehead atoms. The van der Waals surface area contributed by atoms with E-state index in [9.17, 15) is 18.0 Å². The number of thioether (sulfide) groups is 1. The van der Waals surface area contributed by atoms with Crippen LogP contribution in [-0.2, 0) is 21.2 Å². The molecule has 1 aromatic heterocycles. The fourth-order valence-corrected chi connectivity index (χ4v) is 6.42. The summed E-state index contributed by atoms with van der Waals surface area (Å²) in [4.78, 5) is 24.4. The van der Waals surface area contributed by atoms with Crippen molar-refractivity contribution in [2.24, 2.45) is 0 Å². The lowest BCUT2D eigenvalue weighted by molar-refractivity contribution is -0.118. The van der Waals surface area contributed by atoms with Gasteiger partial charge in [-0.05, 0) is 49.6 Å². The summed E-state index contributed by atoms with van der Waals surface area (Å²) in [5.41, 5.74) is 2.39. The number of nitrogens with zero attached hydrogens (tertiary/aromatic N) is 4. The maximum absolute atomic E-state index is 12.9. The van der Waals surface area contributed by atoms with Crippen LogP contribution in [0.5, 0.6) is 0 Å². The lowest BCUT2D eigenvalue weighted by Crippen LogP contribution is -2.27. The van der Waals surface area contributed by atoms with Crippen molar-refractivity contribution >= 4 is 33.5 Å². The molecular formula is C25H29N5O4S2. The Hall–Kier alpha value is -3.02. The lowest BCUT2D eigenvalue weighted by Gasteiger charge is -2.15. The molecule has 9 nitrogen and oxygen atoms in total. The summed E-state index contributed by atoms with van der Waals surface area (Å²) in [5.74, 6) is 0.550. The predicted molar refractivity (Wildman–Crippen MR) is 138 cm³/mol. The molecule has 0 aliphatic carbocycles. The van der Waals surface area contributed by atoms with Gasteiger partial charge in [-0.1, -0.05) is 36.0 Å². The topological polar surface area (TPSA) is 114 Å². The van der Waals surface area contributed by atoms with Crippen molar-refractivity contribution in [3.05, 3.63) is 65.5 Å². The minimum absolute atomic E-state index is 0.115. The van der Waals surface area contributed by atoms with E-state index in [0.29, 0.717) is 42.6 Å². The number of carbonyl (C=O) groups is 2. The Bertz CT molecular complexity index is 1350. The number of nitrogens with one attached hydrogen (secondary N) is 1. The number of hydrogen-bond acceptors (Lipinski definition) is 7. The molecule has 11 heteroatoms. The van der Waals surface area contributed by atoms with Gasteiger partial charge < -0.3 is 5.32 Å². The van der Waals surface area contributed by atoms with E-state index in [4.69, 9.17) is 0 Å². The zero-order valence-corrected chi connectivity index (χ0v) is 21.9. The third-order valence-electron chi connectivity index (χ3n) is 5.89. The first kappa shape index (κ1) is 26.1. The van der Waals surface area contributed by atoms with Crippen molar-refractivity contribution in [1.82, 2.24) is 24.4 Å². The summed E-state index contributed by atoms with van der Waals surface area (Å²) < 4.78 is 28.9. The molecule has 2 aromatic carbocycles. The van der Waals surface area contributed by atoms with Gasteiger partial charge in [0.05, 0.1) is 10.6 Å². The Labute approximate surface area is 215 Å². The molecule has 1 aliphatic rings. The molecule has 3 aromatic rings. The van der Waals surface area contributed by atoms with Gasteiger partial charge in [-0.25, -0.2) is 8.42 Å². The van der Waals surface area contributed by atoms with E-state index in [1.165, 1.54) is 35.1 Å². The third kappa shape index (κ3) is 6.03. The number of amides is 1. The van der Waals surface area contributed by atoms with Crippen molar-refractivity contribution in [2.75, 3.05) is 25.4 Å². The van der Waals surface area contributed by atoms with Crippen LogP contribution in [0.4, 0.5) is 0 Å². The van der Waals surface area contributed by atoms with Crippen LogP contribution in [0.25, 0.3) is 5.69 Å². The van der Waals surface area contributed by atoms with Gasteiger partial charge in [-0.3, -0.25) is 14.2 Å². The first-order valence-corrected chi connectivity index (χ1v) is 14.2. The molecule has 1 aliphatic heterocycles. The van der Waals surface area contributed by atoms with Crippen molar-refractivity contribution < 1.29 is 18.0 Å². The second-order valence-corrected chi connectivity index (χ2v) is 11.5. The summed E-state index contributed by atoms with van der Waals surface area (Å²) in [6.45, 7) is 4.96. The standard InChI is InChI=1S/C25H29N5O4S2/c1-18-6-5-7-21(16-18)30-24(12-13-26-19(2)31)27-28-25(30)35-17-23(32)20-8-10-22(11-9-20)36(33,34)29-14-3-4-15-29/h5-11,16H,3-4,12-15,17H2,1-2H3,(H,26,31). The van der Waals surface area contributed by atoms with E-state index >= 15 is 0 Å². The molecule has 0 saturated carbocycles. The van der Waals surface area contributed by atoms with Gasteiger partial charge in [0, 0.05) is 44.2 Å². The van der Waals surface area contributed by atoms with Gasteiger partial charge in [0.15, 0.2) is 10.9 Å². The Kier molecular flexibility index (Phi) is 8.22. The first-order valence-electron chi connectivity index (χ1n) is 11.8. The third-order valence-corrected chi connectivity index (χ3v) is 8.74. The van der Waals surface area contributed by atoms with Crippen molar-refractivity contribution in [2.45, 2.75) is 43.2 Å². The van der Waals surface area contributed by atoms with Crippen LogP contribution in [0.3, 0.4) is 0 Å². The Balaban J connectivity index is 1.48. The molecule has 0 radical (unpaired) electrons. The molecular weight excluding hydrogens is 498 g/mol. The Morgan fingerprint density at radius 1 is 1.06 bits per heavy atom. The van der Waals surface area contributed by atoms with Crippen molar-refractivity contribution in [1.29, 1.82) is 0 Å². The summed E-state index contributed by atoms with van der Waals surface area (Å²) in [7, 11) is -3.52. The smallest absolute Gasteiger partial charge is 0.243 e. The summed E-state index contributed by atoms with van der Waals surface area (Å²) >= 11 is 1.27. The molecule has 36 heavy (non-hydrogen) atoms. The van der Waals surface area contributed by atoms with Gasteiger partial charge in [-0.2, -0.15) is 4.31 Å². The SMILES string of the molecule is CC(=O)NCCc1nnc(SCC(=O)c2ccc(S(=O)(=O)N3CCCC3)cc2)n1-c1cccc(C)c1. The average Bonchev–Trinajstić information content (AvgIpc) is 3.53. The molecule has 1 amide bonds. The van der Waals surface area contributed by atoms with Crippen LogP contribution in [-0.4, -0.2) is 64.6 Å². The maximum Gasteiger partial charge on any atom is 0.243 e. The van der Waals surface area contributed by atoms with Crippen LogP contribution in [0.2, 0.25) is 0 Å². The zero-order valence-electron chi connectivity index (χ0n) is 20.3. The van der Waals surface area contributed by atoms with Crippen LogP contribution < -0.4 is 5.32 Å². The second kappa shape index (κ2) is 11.4. The highest BCUT2D eigenvalue weighted by atomic mass is 32.2. The molecule has 0 unspecified atom stereocenters. The number of sulfonamides is 1. The maximum atomic E-state index is 12.9. The molecule has 0 atom stereocenters. The van der Waals surface area contributed by atoms with E-state index in [1.807, 2.05) is 35.8 Å². The molecule has 2 heterocycles. The van der Waals surface area contributed by atoms with E-state index in [-0.39, 0.29) is 22.3 Å². The van der Waals surface area contributed by atoms with Gasteiger partial charge in [0.25, 0.3) is 0 Å². The van der Waals surface area contributed by atoms with Crippen LogP contribution >= 0.6 is 11.8 Å². The normalized spacial score (nSPS) is 14.2. The van der Waals surface area contributed by atoms with Gasteiger partial charge in [0.2, 0.25) is 15.9 Å². The quantitative estimate of drug-likeness (QED) is 0.318. The lowest BCUT2D eigenvalue weighted by atomic mass is 10.1. The highest BCUT2D eigenvalue weighted by Gasteiger charge is 2.27. The average molecular weight is 528 g/mol. The minimum Gasteiger partial charge on any atom is -0.356 e. The first-order chi connectivity index (χ1) is 17.3. The van der Waals surface area contributed by atoms with Crippen molar-refractivity contribution in [3.8, 4) is 5.69 Å². The number of aryl methyl sites for hydroxylation is 1.